The molecule has 0 aromatic heterocycles. The Balaban J connectivity index is 0.00000106. The minimum absolute atomic E-state index is 0. The Morgan fingerprint density at radius 3 is 2.17 bits per heavy atom. The number of hydrogen-bond acceptors (Lipinski definition) is 1. The first kappa shape index (κ1) is 28.9. The average Bonchev–Trinajstić information content (AvgIpc) is 3.08. The molecule has 2 aliphatic carbocycles. The molecule has 1 aliphatic heterocycles. The molecule has 7 heteroatoms. The fourth-order valence-electron chi connectivity index (χ4n) is 5.60. The molecule has 0 aromatic carbocycles. The van der Waals surface area contributed by atoms with Gasteiger partial charge < -0.3 is 22.6 Å². The van der Waals surface area contributed by atoms with Crippen LogP contribution in [-0.4, -0.2) is 32.8 Å². The van der Waals surface area contributed by atoms with Gasteiger partial charge >= 0.3 is 35.6 Å². The summed E-state index contributed by atoms with van der Waals surface area (Å²) in [5.74, 6) is 3.61. The molecule has 0 bridgehead atoms. The Kier molecular flexibility index (Phi) is 12.5. The van der Waals surface area contributed by atoms with Crippen molar-refractivity contribution in [2.75, 3.05) is 20.0 Å². The van der Waals surface area contributed by atoms with Crippen molar-refractivity contribution < 1.29 is 17.0 Å². The molecule has 2 fully saturated rings. The Hall–Kier alpha value is 0.871. The van der Waals surface area contributed by atoms with Crippen molar-refractivity contribution in [3.8, 4) is 0 Å². The van der Waals surface area contributed by atoms with Crippen molar-refractivity contribution in [1.29, 1.82) is 0 Å². The Morgan fingerprint density at radius 2 is 1.70 bits per heavy atom. The summed E-state index contributed by atoms with van der Waals surface area (Å²) in [5.41, 5.74) is 4.13. The van der Waals surface area contributed by atoms with Crippen LogP contribution >= 0.6 is 18.6 Å². The fourth-order valence-corrected chi connectivity index (χ4v) is 9.13. The number of hydrogen-bond donors (Lipinski definition) is 0. The van der Waals surface area contributed by atoms with Crippen LogP contribution in [0.5, 0.6) is 0 Å². The van der Waals surface area contributed by atoms with E-state index in [0.29, 0.717) is 18.5 Å². The van der Waals surface area contributed by atoms with E-state index in [1.807, 2.05) is 0 Å². The van der Waals surface area contributed by atoms with Crippen molar-refractivity contribution in [2.45, 2.75) is 66.1 Å². The third kappa shape index (κ3) is 6.47. The molecule has 3 nitrogen and oxygen atoms in total. The molecule has 0 radical (unpaired) electrons. The average molecular weight is 507 g/mol. The van der Waals surface area contributed by atoms with Crippen LogP contribution in [0.25, 0.3) is 10.6 Å². The van der Waals surface area contributed by atoms with Crippen LogP contribution < -0.4 is 0 Å². The molecule has 3 unspecified atom stereocenters. The van der Waals surface area contributed by atoms with Gasteiger partial charge in [0.25, 0.3) is 0 Å². The zero-order chi connectivity index (χ0) is 21.8. The summed E-state index contributed by atoms with van der Waals surface area (Å²) in [6, 6.07) is 0. The number of nitrogens with zero attached hydrogens (tertiary/aromatic N) is 3. The summed E-state index contributed by atoms with van der Waals surface area (Å²) in [6.07, 6.45) is 7.97. The van der Waals surface area contributed by atoms with Gasteiger partial charge in [0, 0.05) is 0 Å². The first-order chi connectivity index (χ1) is 13.7. The topological polar surface area (TPSA) is 31.4 Å². The predicted molar refractivity (Wildman–Crippen MR) is 134 cm³/mol. The quantitative estimate of drug-likeness (QED) is 0.273. The predicted octanol–water partition coefficient (Wildman–Crippen LogP) is 8.16. The van der Waals surface area contributed by atoms with Crippen molar-refractivity contribution >= 4 is 26.8 Å². The van der Waals surface area contributed by atoms with Crippen LogP contribution in [0.2, 0.25) is 18.6 Å². The molecule has 0 N–H and O–H groups in total. The molecule has 170 valence electrons. The van der Waals surface area contributed by atoms with Crippen molar-refractivity contribution in [3.63, 3.8) is 0 Å². The second-order valence-electron chi connectivity index (χ2n) is 9.87. The van der Waals surface area contributed by atoms with Crippen LogP contribution in [0.3, 0.4) is 0 Å². The van der Waals surface area contributed by atoms with Crippen molar-refractivity contribution in [2.24, 2.45) is 29.6 Å². The molecular formula is C23H42Cl2N3SiTi+. The monoisotopic (exact) mass is 506 g/mol. The van der Waals surface area contributed by atoms with E-state index in [4.69, 9.17) is 18.6 Å². The van der Waals surface area contributed by atoms with Gasteiger partial charge in [-0.3, -0.25) is 6.67 Å². The van der Waals surface area contributed by atoms with Gasteiger partial charge in [0.05, 0.1) is 0 Å². The maximum absolute atomic E-state index is 4.89. The van der Waals surface area contributed by atoms with Crippen LogP contribution in [0, 0.1) is 37.0 Å². The first-order valence-corrected chi connectivity index (χ1v) is 18.4. The van der Waals surface area contributed by atoms with E-state index >= 15 is 0 Å². The second kappa shape index (κ2) is 12.9. The van der Waals surface area contributed by atoms with E-state index in [0.717, 1.165) is 36.6 Å². The molecule has 0 spiro atoms. The van der Waals surface area contributed by atoms with Crippen LogP contribution in [-0.2, 0) is 17.0 Å². The summed E-state index contributed by atoms with van der Waals surface area (Å²) < 4.78 is 2.65. The summed E-state index contributed by atoms with van der Waals surface area (Å²) in [5, 5.41) is 9.19. The minimum atomic E-state index is -1.59. The van der Waals surface area contributed by atoms with Gasteiger partial charge in [-0.2, -0.15) is 0 Å². The van der Waals surface area contributed by atoms with Crippen LogP contribution in [0.1, 0.15) is 47.5 Å². The van der Waals surface area contributed by atoms with Gasteiger partial charge in [0.1, 0.15) is 8.24 Å². The van der Waals surface area contributed by atoms with E-state index in [9.17, 15) is 0 Å². The van der Waals surface area contributed by atoms with E-state index in [-0.39, 0.29) is 7.43 Å². The molecule has 1 heterocycles. The zero-order valence-electron chi connectivity index (χ0n) is 20.3. The van der Waals surface area contributed by atoms with E-state index in [1.165, 1.54) is 12.8 Å². The second-order valence-corrected chi connectivity index (χ2v) is 17.1. The number of allylic oxidation sites excluding steroid dienone is 4. The summed E-state index contributed by atoms with van der Waals surface area (Å²) in [4.78, 5) is 0. The Bertz CT molecular complexity index is 589. The van der Waals surface area contributed by atoms with Gasteiger partial charge in [-0.25, -0.2) is 0 Å². The third-order valence-corrected chi connectivity index (χ3v) is 11.7. The van der Waals surface area contributed by atoms with Crippen molar-refractivity contribution in [1.82, 2.24) is 4.57 Å². The Labute approximate surface area is 204 Å². The summed E-state index contributed by atoms with van der Waals surface area (Å²) in [6.45, 7) is 19.6. The van der Waals surface area contributed by atoms with E-state index in [2.05, 4.69) is 75.1 Å². The molecular weight excluding hydrogens is 465 g/mol. The van der Waals surface area contributed by atoms with Crippen molar-refractivity contribution in [3.05, 3.63) is 41.4 Å². The van der Waals surface area contributed by atoms with Gasteiger partial charge in [-0.15, -0.1) is 13.3 Å². The third-order valence-electron chi connectivity index (χ3n) is 7.37. The maximum atomic E-state index is 4.89. The SMILES string of the molecule is CC[C@H]1CC([Si](C)(C)N2C[N-]C[N-]C2)C2C=C(C(C)C)C=C(C(C)C)C21.[CH3-].[Cl][Ti+4][Cl]. The summed E-state index contributed by atoms with van der Waals surface area (Å²) >= 11 is -0.556. The molecule has 4 atom stereocenters. The molecule has 1 saturated carbocycles. The Morgan fingerprint density at radius 1 is 1.13 bits per heavy atom. The van der Waals surface area contributed by atoms with Crippen LogP contribution in [0.15, 0.2) is 23.3 Å². The molecule has 1 saturated heterocycles. The molecule has 0 aromatic rings. The van der Waals surface area contributed by atoms with E-state index in [1.54, 1.807) is 11.1 Å². The fraction of sp³-hybridized carbons (Fsp3) is 0.783. The number of fused-ring (bicyclic) bond motifs is 1. The normalized spacial score (nSPS) is 29.7. The summed E-state index contributed by atoms with van der Waals surface area (Å²) in [7, 11) is 8.19. The molecule has 3 rings (SSSR count). The molecule has 0 amide bonds. The van der Waals surface area contributed by atoms with Gasteiger partial charge in [-0.1, -0.05) is 71.9 Å². The molecule has 3 aliphatic rings. The van der Waals surface area contributed by atoms with Crippen LogP contribution in [0.4, 0.5) is 0 Å². The van der Waals surface area contributed by atoms with Gasteiger partial charge in [-0.05, 0) is 47.1 Å². The standard InChI is InChI=1S/C22H39N3Si.CH3.2ClH.Ti/c1-8-17-11-21(26(6,7)25-13-23-12-24-14-25)20-10-18(15(2)3)9-19(16(4)5)22(17)20;;;;/h9-10,15-17,20-22H,8,11-14H2,1-7H3;1H3;2*1H;/q-2;-1;;;+6/p-2/t17-,20?,21?,22?;;;;/m0..../s1. The van der Waals surface area contributed by atoms with Gasteiger partial charge in [0.15, 0.2) is 0 Å². The van der Waals surface area contributed by atoms with E-state index < -0.39 is 25.3 Å². The zero-order valence-corrected chi connectivity index (χ0v) is 24.3. The number of halogens is 2. The number of rotatable bonds is 5. The molecule has 30 heavy (non-hydrogen) atoms. The first-order valence-electron chi connectivity index (χ1n) is 11.1. The van der Waals surface area contributed by atoms with Gasteiger partial charge in [0.2, 0.25) is 0 Å².